The summed E-state index contributed by atoms with van der Waals surface area (Å²) < 4.78 is 11.1. The van der Waals surface area contributed by atoms with E-state index in [0.717, 1.165) is 51.4 Å². The van der Waals surface area contributed by atoms with Crippen molar-refractivity contribution in [3.8, 4) is 0 Å². The van der Waals surface area contributed by atoms with E-state index in [0.29, 0.717) is 19.3 Å². The molecule has 0 aromatic carbocycles. The molecule has 11 nitrogen and oxygen atoms in total. The van der Waals surface area contributed by atoms with Gasteiger partial charge in [0.05, 0.1) is 25.4 Å². The van der Waals surface area contributed by atoms with Crippen LogP contribution in [0.2, 0.25) is 0 Å². The molecule has 0 saturated carbocycles. The Morgan fingerprint density at radius 2 is 0.983 bits per heavy atom. The van der Waals surface area contributed by atoms with Gasteiger partial charge in [-0.15, -0.1) is 0 Å². The molecule has 0 aromatic heterocycles. The van der Waals surface area contributed by atoms with E-state index in [4.69, 9.17) is 9.47 Å². The molecule has 0 aliphatic carbocycles. The summed E-state index contributed by atoms with van der Waals surface area (Å²) >= 11 is 0. The van der Waals surface area contributed by atoms with Crippen molar-refractivity contribution in [3.63, 3.8) is 0 Å². The third-order valence-electron chi connectivity index (χ3n) is 12.1. The lowest BCUT2D eigenvalue weighted by Crippen LogP contribution is -2.60. The third-order valence-corrected chi connectivity index (χ3v) is 12.1. The van der Waals surface area contributed by atoms with Crippen LogP contribution in [0.1, 0.15) is 219 Å². The summed E-state index contributed by atoms with van der Waals surface area (Å²) in [6, 6.07) is -1.17. The van der Waals surface area contributed by atoms with Gasteiger partial charge in [-0.3, -0.25) is 4.79 Å². The topological polar surface area (TPSA) is 189 Å². The average Bonchev–Trinajstić information content (AvgIpc) is 3.23. The minimum Gasteiger partial charge on any atom is -0.394 e. The van der Waals surface area contributed by atoms with E-state index in [2.05, 4.69) is 31.3 Å². The van der Waals surface area contributed by atoms with Gasteiger partial charge in [0.25, 0.3) is 0 Å². The van der Waals surface area contributed by atoms with E-state index < -0.39 is 74.2 Å². The van der Waals surface area contributed by atoms with Gasteiger partial charge in [-0.05, 0) is 38.5 Å². The molecular formula is C48H93NO10. The number of amides is 1. The fraction of sp³-hybridized carbons (Fsp3) is 0.938. The molecule has 1 saturated heterocycles. The van der Waals surface area contributed by atoms with Gasteiger partial charge in [0.1, 0.15) is 36.6 Å². The molecule has 1 heterocycles. The van der Waals surface area contributed by atoms with Crippen molar-refractivity contribution in [1.82, 2.24) is 5.32 Å². The second-order valence-corrected chi connectivity index (χ2v) is 17.5. The van der Waals surface area contributed by atoms with E-state index in [-0.39, 0.29) is 6.42 Å². The van der Waals surface area contributed by atoms with Crippen LogP contribution in [-0.2, 0) is 14.3 Å². The first-order chi connectivity index (χ1) is 28.7. The molecule has 0 radical (unpaired) electrons. The molecule has 1 aliphatic rings. The van der Waals surface area contributed by atoms with Crippen molar-refractivity contribution in [3.05, 3.63) is 12.2 Å². The van der Waals surface area contributed by atoms with Crippen molar-refractivity contribution in [2.45, 2.75) is 274 Å². The first-order valence-electron chi connectivity index (χ1n) is 24.6. The minimum atomic E-state index is -1.66. The standard InChI is InChI=1S/C48H93NO10/c1-3-5-7-9-11-13-15-17-19-20-21-22-24-26-28-30-32-34-36-41(52)47(57)49-39(38-58-48-46(56)45(55)44(54)42(37-50)59-48)43(53)40(51)35-33-31-29-27-25-23-18-16-14-12-10-8-6-4-2/h18,23,39-46,48,50-56H,3-17,19-22,24-38H2,1-2H3,(H,49,57)/b23-18-/t39-,40+,41+,42+,43-,44+,45-,46+,48+/m0/s1. The lowest BCUT2D eigenvalue weighted by Gasteiger charge is -2.40. The minimum absolute atomic E-state index is 0.262. The number of hydrogen-bond acceptors (Lipinski definition) is 10. The zero-order valence-electron chi connectivity index (χ0n) is 37.7. The summed E-state index contributed by atoms with van der Waals surface area (Å²) in [5, 5.41) is 75.7. The molecule has 1 rings (SSSR count). The van der Waals surface area contributed by atoms with E-state index in [9.17, 15) is 40.5 Å². The zero-order valence-corrected chi connectivity index (χ0v) is 37.7. The highest BCUT2D eigenvalue weighted by molar-refractivity contribution is 5.80. The largest absolute Gasteiger partial charge is 0.394 e. The number of hydrogen-bond donors (Lipinski definition) is 8. The molecule has 9 atom stereocenters. The Balaban J connectivity index is 2.42. The Kier molecular flexibility index (Phi) is 36.5. The summed E-state index contributed by atoms with van der Waals surface area (Å²) in [7, 11) is 0. The van der Waals surface area contributed by atoms with Crippen molar-refractivity contribution in [2.24, 2.45) is 0 Å². The van der Waals surface area contributed by atoms with Crippen LogP contribution in [0.3, 0.4) is 0 Å². The van der Waals surface area contributed by atoms with Crippen LogP contribution in [0, 0.1) is 0 Å². The van der Waals surface area contributed by atoms with E-state index in [1.807, 2.05) is 0 Å². The van der Waals surface area contributed by atoms with E-state index in [1.165, 1.54) is 128 Å². The average molecular weight is 844 g/mol. The summed E-state index contributed by atoms with van der Waals surface area (Å²) in [5.74, 6) is -0.699. The number of unbranched alkanes of at least 4 members (excludes halogenated alkanes) is 27. The van der Waals surface area contributed by atoms with Crippen molar-refractivity contribution in [1.29, 1.82) is 0 Å². The molecule has 0 bridgehead atoms. The summed E-state index contributed by atoms with van der Waals surface area (Å²) in [6.45, 7) is 3.44. The van der Waals surface area contributed by atoms with E-state index >= 15 is 0 Å². The molecule has 0 unspecified atom stereocenters. The van der Waals surface area contributed by atoms with Crippen LogP contribution < -0.4 is 5.32 Å². The summed E-state index contributed by atoms with van der Waals surface area (Å²) in [5.41, 5.74) is 0. The van der Waals surface area contributed by atoms with Crippen LogP contribution in [0.15, 0.2) is 12.2 Å². The number of aliphatic hydroxyl groups is 7. The Morgan fingerprint density at radius 3 is 1.42 bits per heavy atom. The molecule has 1 aliphatic heterocycles. The van der Waals surface area contributed by atoms with Crippen LogP contribution in [0.4, 0.5) is 0 Å². The van der Waals surface area contributed by atoms with Crippen LogP contribution in [-0.4, -0.2) is 110 Å². The van der Waals surface area contributed by atoms with Crippen LogP contribution in [0.25, 0.3) is 0 Å². The first-order valence-corrected chi connectivity index (χ1v) is 24.6. The molecule has 350 valence electrons. The molecule has 59 heavy (non-hydrogen) atoms. The molecule has 1 amide bonds. The first kappa shape index (κ1) is 55.9. The van der Waals surface area contributed by atoms with Crippen LogP contribution in [0.5, 0.6) is 0 Å². The number of aliphatic hydroxyl groups excluding tert-OH is 7. The van der Waals surface area contributed by atoms with Crippen molar-refractivity contribution < 1.29 is 50.0 Å². The highest BCUT2D eigenvalue weighted by Gasteiger charge is 2.44. The number of carbonyl (C=O) groups is 1. The van der Waals surface area contributed by atoms with Crippen molar-refractivity contribution in [2.75, 3.05) is 13.2 Å². The monoisotopic (exact) mass is 844 g/mol. The second-order valence-electron chi connectivity index (χ2n) is 17.5. The number of allylic oxidation sites excluding steroid dienone is 2. The smallest absolute Gasteiger partial charge is 0.249 e. The van der Waals surface area contributed by atoms with Gasteiger partial charge in [0.2, 0.25) is 5.91 Å². The number of carbonyl (C=O) groups excluding carboxylic acids is 1. The Bertz CT molecular complexity index is 970. The Labute approximate surface area is 360 Å². The number of ether oxygens (including phenoxy) is 2. The summed E-state index contributed by atoms with van der Waals surface area (Å²) in [6.07, 6.45) is 29.7. The van der Waals surface area contributed by atoms with Crippen molar-refractivity contribution >= 4 is 5.91 Å². The maximum Gasteiger partial charge on any atom is 0.249 e. The van der Waals surface area contributed by atoms with Gasteiger partial charge in [-0.25, -0.2) is 0 Å². The Hall–Kier alpha value is -1.15. The lowest BCUT2D eigenvalue weighted by atomic mass is 9.98. The molecule has 0 spiro atoms. The maximum absolute atomic E-state index is 13.1. The SMILES string of the molecule is CCCCCCCC/C=C\CCCCCC[C@@H](O)[C@@H](O)[C@H](CO[C@@H]1O[C@H](CO)[C@@H](O)[C@H](O)[C@H]1O)NC(=O)[C@H](O)CCCCCCCCCCCCCCCCCCCC. The maximum atomic E-state index is 13.1. The predicted molar refractivity (Wildman–Crippen MR) is 238 cm³/mol. The summed E-state index contributed by atoms with van der Waals surface area (Å²) in [4.78, 5) is 13.1. The number of nitrogens with one attached hydrogen (secondary N) is 1. The lowest BCUT2D eigenvalue weighted by molar-refractivity contribution is -0.303. The highest BCUT2D eigenvalue weighted by atomic mass is 16.7. The fourth-order valence-corrected chi connectivity index (χ4v) is 7.96. The van der Waals surface area contributed by atoms with Crippen LogP contribution >= 0.6 is 0 Å². The van der Waals surface area contributed by atoms with Gasteiger partial charge < -0.3 is 50.5 Å². The molecule has 8 N–H and O–H groups in total. The van der Waals surface area contributed by atoms with Gasteiger partial charge in [-0.2, -0.15) is 0 Å². The molecule has 1 fully saturated rings. The normalized spacial score (nSPS) is 21.8. The highest BCUT2D eigenvalue weighted by Crippen LogP contribution is 2.23. The number of rotatable bonds is 41. The van der Waals surface area contributed by atoms with Gasteiger partial charge in [-0.1, -0.05) is 193 Å². The molecule has 0 aromatic rings. The quantitative estimate of drug-likeness (QED) is 0.0219. The second kappa shape index (κ2) is 38.5. The predicted octanol–water partition coefficient (Wildman–Crippen LogP) is 8.45. The Morgan fingerprint density at radius 1 is 0.576 bits per heavy atom. The molecular weight excluding hydrogens is 751 g/mol. The van der Waals surface area contributed by atoms with Gasteiger partial charge in [0, 0.05) is 0 Å². The van der Waals surface area contributed by atoms with Gasteiger partial charge in [0.15, 0.2) is 6.29 Å². The van der Waals surface area contributed by atoms with Gasteiger partial charge >= 0.3 is 0 Å². The zero-order chi connectivity index (χ0) is 43.4. The third kappa shape index (κ3) is 28.2. The fourth-order valence-electron chi connectivity index (χ4n) is 7.96. The van der Waals surface area contributed by atoms with E-state index in [1.54, 1.807) is 0 Å². The molecule has 11 heteroatoms.